The first-order chi connectivity index (χ1) is 13.2. The van der Waals surface area contributed by atoms with Crippen LogP contribution in [0.2, 0.25) is 0 Å². The van der Waals surface area contributed by atoms with Crippen molar-refractivity contribution >= 4 is 55.1 Å². The Balaban J connectivity index is 1.81. The number of halogens is 2. The maximum atomic E-state index is 12.4. The van der Waals surface area contributed by atoms with E-state index in [2.05, 4.69) is 47.4 Å². The lowest BCUT2D eigenvalue weighted by molar-refractivity contribution is -0.121. The zero-order chi connectivity index (χ0) is 20.6. The van der Waals surface area contributed by atoms with Crippen LogP contribution in [0.1, 0.15) is 5.56 Å². The highest BCUT2D eigenvalue weighted by Crippen LogP contribution is 2.30. The van der Waals surface area contributed by atoms with Gasteiger partial charge in [0, 0.05) is 24.1 Å². The Hall–Kier alpha value is -2.73. The third-order valence-corrected chi connectivity index (χ3v) is 5.04. The predicted molar refractivity (Wildman–Crippen MR) is 109 cm³/mol. The van der Waals surface area contributed by atoms with Crippen molar-refractivity contribution in [2.45, 2.75) is 6.54 Å². The maximum absolute atomic E-state index is 12.4. The van der Waals surface area contributed by atoms with Crippen molar-refractivity contribution in [2.75, 3.05) is 0 Å². The molecule has 12 heteroatoms. The molecule has 0 saturated heterocycles. The highest BCUT2D eigenvalue weighted by atomic mass is 79.9. The predicted octanol–water partition coefficient (Wildman–Crippen LogP) is 0.815. The van der Waals surface area contributed by atoms with Gasteiger partial charge in [-0.3, -0.25) is 18.7 Å². The number of imidazole rings is 1. The van der Waals surface area contributed by atoms with Crippen LogP contribution in [0, 0.1) is 0 Å². The van der Waals surface area contributed by atoms with E-state index in [1.165, 1.54) is 35.8 Å². The second kappa shape index (κ2) is 7.72. The van der Waals surface area contributed by atoms with Crippen LogP contribution in [0.3, 0.4) is 0 Å². The number of carbonyl (C=O) groups excluding carboxylic acids is 1. The Morgan fingerprint density at radius 2 is 2.00 bits per heavy atom. The molecule has 1 amide bonds. The summed E-state index contributed by atoms with van der Waals surface area (Å²) in [5, 5.41) is 13.8. The molecule has 2 heterocycles. The Morgan fingerprint density at radius 1 is 1.29 bits per heavy atom. The molecule has 0 fully saturated rings. The quantitative estimate of drug-likeness (QED) is 0.395. The summed E-state index contributed by atoms with van der Waals surface area (Å²) >= 11 is 6.51. The van der Waals surface area contributed by atoms with E-state index in [1.54, 1.807) is 12.1 Å². The molecule has 0 bridgehead atoms. The average molecular weight is 514 g/mol. The number of hydrogen-bond donors (Lipinski definition) is 2. The van der Waals surface area contributed by atoms with Gasteiger partial charge in [-0.25, -0.2) is 15.2 Å². The van der Waals surface area contributed by atoms with Gasteiger partial charge in [-0.15, -0.1) is 0 Å². The zero-order valence-electron chi connectivity index (χ0n) is 14.7. The van der Waals surface area contributed by atoms with E-state index in [1.807, 2.05) is 0 Å². The first-order valence-electron chi connectivity index (χ1n) is 7.81. The third kappa shape index (κ3) is 3.64. The standard InChI is InChI=1S/C16H14Br2N6O4/c1-22-14-12(15(27)23(2)16(22)28)24(7-19-14)6-11(25)21-20-5-8-3-9(17)4-10(18)13(8)26/h3-5,7,26H,6H2,1-2H3,(H,21,25)/b20-5+. The van der Waals surface area contributed by atoms with Crippen LogP contribution in [-0.2, 0) is 25.4 Å². The van der Waals surface area contributed by atoms with Crippen molar-refractivity contribution in [3.63, 3.8) is 0 Å². The first kappa shape index (κ1) is 20.0. The lowest BCUT2D eigenvalue weighted by atomic mass is 10.2. The molecular weight excluding hydrogens is 500 g/mol. The minimum Gasteiger partial charge on any atom is -0.506 e. The van der Waals surface area contributed by atoms with E-state index < -0.39 is 17.2 Å². The smallest absolute Gasteiger partial charge is 0.332 e. The number of phenols is 1. The van der Waals surface area contributed by atoms with Crippen molar-refractivity contribution < 1.29 is 9.90 Å². The van der Waals surface area contributed by atoms with E-state index in [4.69, 9.17) is 0 Å². The zero-order valence-corrected chi connectivity index (χ0v) is 17.9. The number of rotatable bonds is 4. The van der Waals surface area contributed by atoms with Gasteiger partial charge in [0.25, 0.3) is 11.5 Å². The molecule has 3 aromatic rings. The third-order valence-electron chi connectivity index (χ3n) is 3.98. The number of carbonyl (C=O) groups is 1. The topological polar surface area (TPSA) is 124 Å². The fourth-order valence-electron chi connectivity index (χ4n) is 2.57. The molecule has 0 unspecified atom stereocenters. The molecule has 3 rings (SSSR count). The number of fused-ring (bicyclic) bond motifs is 1. The van der Waals surface area contributed by atoms with Gasteiger partial charge >= 0.3 is 5.69 Å². The van der Waals surface area contributed by atoms with E-state index in [0.29, 0.717) is 10.0 Å². The highest BCUT2D eigenvalue weighted by molar-refractivity contribution is 9.11. The summed E-state index contributed by atoms with van der Waals surface area (Å²) in [6.07, 6.45) is 2.60. The van der Waals surface area contributed by atoms with Crippen LogP contribution in [0.25, 0.3) is 11.2 Å². The molecule has 0 aliphatic rings. The fraction of sp³-hybridized carbons (Fsp3) is 0.188. The molecular formula is C16H14Br2N6O4. The van der Waals surface area contributed by atoms with Crippen molar-refractivity contribution in [1.29, 1.82) is 0 Å². The van der Waals surface area contributed by atoms with Crippen LogP contribution in [-0.4, -0.2) is 35.9 Å². The van der Waals surface area contributed by atoms with Gasteiger partial charge in [0.15, 0.2) is 11.2 Å². The largest absolute Gasteiger partial charge is 0.506 e. The van der Waals surface area contributed by atoms with Gasteiger partial charge in [-0.05, 0) is 28.1 Å². The molecule has 0 atom stereocenters. The minimum absolute atomic E-state index is 0.0220. The summed E-state index contributed by atoms with van der Waals surface area (Å²) in [6, 6.07) is 3.30. The summed E-state index contributed by atoms with van der Waals surface area (Å²) < 4.78 is 4.72. The molecule has 10 nitrogen and oxygen atoms in total. The summed E-state index contributed by atoms with van der Waals surface area (Å²) in [5.74, 6) is -0.536. The number of aromatic hydroxyl groups is 1. The summed E-state index contributed by atoms with van der Waals surface area (Å²) in [4.78, 5) is 40.5. The molecule has 1 aromatic carbocycles. The molecule has 0 aliphatic carbocycles. The Bertz CT molecular complexity index is 1240. The number of hydrazone groups is 1. The number of aromatic nitrogens is 4. The van der Waals surface area contributed by atoms with Crippen LogP contribution >= 0.6 is 31.9 Å². The van der Waals surface area contributed by atoms with Crippen LogP contribution in [0.4, 0.5) is 0 Å². The van der Waals surface area contributed by atoms with E-state index >= 15 is 0 Å². The molecule has 2 aromatic heterocycles. The van der Waals surface area contributed by atoms with Gasteiger partial charge in [-0.1, -0.05) is 15.9 Å². The summed E-state index contributed by atoms with van der Waals surface area (Å²) in [6.45, 7) is -0.227. The van der Waals surface area contributed by atoms with Gasteiger partial charge < -0.3 is 9.67 Å². The number of nitrogens with zero attached hydrogens (tertiary/aromatic N) is 5. The Kier molecular flexibility index (Phi) is 5.52. The molecule has 146 valence electrons. The Labute approximate surface area is 174 Å². The fourth-order valence-corrected chi connectivity index (χ4v) is 3.82. The van der Waals surface area contributed by atoms with Crippen molar-refractivity contribution in [3.8, 4) is 5.75 Å². The van der Waals surface area contributed by atoms with E-state index in [-0.39, 0.29) is 23.5 Å². The molecule has 0 spiro atoms. The SMILES string of the molecule is Cn1c(=O)c2c(ncn2CC(=O)N/N=C/c2cc(Br)cc(Br)c2O)n(C)c1=O. The van der Waals surface area contributed by atoms with E-state index in [9.17, 15) is 19.5 Å². The molecule has 0 saturated carbocycles. The van der Waals surface area contributed by atoms with Gasteiger partial charge in [0.05, 0.1) is 17.0 Å². The molecule has 0 aliphatic heterocycles. The number of aryl methyl sites for hydroxylation is 1. The number of benzene rings is 1. The Morgan fingerprint density at radius 3 is 2.71 bits per heavy atom. The number of hydrogen-bond acceptors (Lipinski definition) is 6. The maximum Gasteiger partial charge on any atom is 0.332 e. The van der Waals surface area contributed by atoms with Crippen LogP contribution in [0.5, 0.6) is 5.75 Å². The van der Waals surface area contributed by atoms with E-state index in [0.717, 1.165) is 9.04 Å². The average Bonchev–Trinajstić information content (AvgIpc) is 3.05. The van der Waals surface area contributed by atoms with Crippen molar-refractivity contribution in [1.82, 2.24) is 24.1 Å². The number of phenolic OH excluding ortho intramolecular Hbond substituents is 1. The highest BCUT2D eigenvalue weighted by Gasteiger charge is 2.15. The van der Waals surface area contributed by atoms with Gasteiger partial charge in [0.2, 0.25) is 0 Å². The first-order valence-corrected chi connectivity index (χ1v) is 9.40. The summed E-state index contributed by atoms with van der Waals surface area (Å²) in [5.41, 5.74) is 1.99. The number of amides is 1. The van der Waals surface area contributed by atoms with Crippen molar-refractivity contribution in [2.24, 2.45) is 19.2 Å². The van der Waals surface area contributed by atoms with Crippen molar-refractivity contribution in [3.05, 3.63) is 53.8 Å². The van der Waals surface area contributed by atoms with Gasteiger partial charge in [0.1, 0.15) is 12.3 Å². The van der Waals surface area contributed by atoms with Crippen LogP contribution < -0.4 is 16.7 Å². The lowest BCUT2D eigenvalue weighted by Crippen LogP contribution is -2.38. The lowest BCUT2D eigenvalue weighted by Gasteiger charge is -2.06. The van der Waals surface area contributed by atoms with Crippen LogP contribution in [0.15, 0.2) is 42.1 Å². The normalized spacial score (nSPS) is 11.4. The monoisotopic (exact) mass is 512 g/mol. The second-order valence-corrected chi connectivity index (χ2v) is 7.64. The summed E-state index contributed by atoms with van der Waals surface area (Å²) in [7, 11) is 2.85. The molecule has 2 N–H and O–H groups in total. The molecule has 28 heavy (non-hydrogen) atoms. The molecule has 0 radical (unpaired) electrons. The van der Waals surface area contributed by atoms with Gasteiger partial charge in [-0.2, -0.15) is 5.10 Å². The second-order valence-electron chi connectivity index (χ2n) is 5.87. The number of nitrogens with one attached hydrogen (secondary N) is 1. The minimum atomic E-state index is -0.546.